The van der Waals surface area contributed by atoms with Gasteiger partial charge in [-0.15, -0.1) is 0 Å². The number of aromatic nitrogens is 3. The van der Waals surface area contributed by atoms with Crippen LogP contribution in [0.25, 0.3) is 0 Å². The van der Waals surface area contributed by atoms with Crippen molar-refractivity contribution in [3.8, 4) is 11.9 Å². The Bertz CT molecular complexity index is 995. The van der Waals surface area contributed by atoms with E-state index in [0.29, 0.717) is 21.9 Å². The van der Waals surface area contributed by atoms with Crippen LogP contribution in [0, 0.1) is 25.2 Å². The lowest BCUT2D eigenvalue weighted by Gasteiger charge is -2.08. The molecule has 9 heteroatoms. The molecule has 26 heavy (non-hydrogen) atoms. The molecule has 0 aromatic carbocycles. The smallest absolute Gasteiger partial charge is 0.388 e. The van der Waals surface area contributed by atoms with E-state index in [4.69, 9.17) is 10.00 Å². The second-order valence-electron chi connectivity index (χ2n) is 5.27. The number of carbonyl (C=O) groups excluding carboxylic acids is 1. The molecule has 130 valence electrons. The van der Waals surface area contributed by atoms with Crippen molar-refractivity contribution in [3.63, 3.8) is 0 Å². The Morgan fingerprint density at radius 3 is 2.88 bits per heavy atom. The van der Waals surface area contributed by atoms with E-state index < -0.39 is 6.09 Å². The van der Waals surface area contributed by atoms with Gasteiger partial charge >= 0.3 is 6.09 Å². The van der Waals surface area contributed by atoms with Crippen LogP contribution in [0.3, 0.4) is 0 Å². The van der Waals surface area contributed by atoms with Gasteiger partial charge in [0, 0.05) is 23.8 Å². The minimum Gasteiger partial charge on any atom is -0.388 e. The fraction of sp³-hybridized carbons (Fsp3) is 0.118. The van der Waals surface area contributed by atoms with Crippen molar-refractivity contribution in [2.75, 3.05) is 10.6 Å². The standard InChI is InChI=1S/C17H14N6O2S/c1-10-5-13(3-4-20-10)23-17(24)25-15-16(26-11(2)21-15)22-14-6-12(7-18)8-19-9-14/h3-6,8-9,22H,1-2H3,(H,20,23,24). The maximum atomic E-state index is 12.1. The molecule has 0 aliphatic rings. The number of nitriles is 1. The van der Waals surface area contributed by atoms with Crippen molar-refractivity contribution in [3.05, 3.63) is 53.1 Å². The Morgan fingerprint density at radius 1 is 1.27 bits per heavy atom. The maximum Gasteiger partial charge on any atom is 0.418 e. The first-order chi connectivity index (χ1) is 12.5. The van der Waals surface area contributed by atoms with Crippen molar-refractivity contribution in [1.82, 2.24) is 15.0 Å². The lowest BCUT2D eigenvalue weighted by atomic mass is 10.3. The highest BCUT2D eigenvalue weighted by Gasteiger charge is 2.15. The number of carbonyl (C=O) groups is 1. The lowest BCUT2D eigenvalue weighted by Crippen LogP contribution is -2.17. The molecule has 0 aliphatic carbocycles. The van der Waals surface area contributed by atoms with Crippen LogP contribution < -0.4 is 15.4 Å². The first kappa shape index (κ1) is 17.3. The molecule has 8 nitrogen and oxygen atoms in total. The summed E-state index contributed by atoms with van der Waals surface area (Å²) < 4.78 is 5.32. The van der Waals surface area contributed by atoms with Crippen molar-refractivity contribution in [1.29, 1.82) is 5.26 Å². The van der Waals surface area contributed by atoms with Gasteiger partial charge in [0.05, 0.1) is 22.5 Å². The predicted octanol–water partition coefficient (Wildman–Crippen LogP) is 3.78. The summed E-state index contributed by atoms with van der Waals surface area (Å²) >= 11 is 1.33. The summed E-state index contributed by atoms with van der Waals surface area (Å²) in [6, 6.07) is 7.06. The van der Waals surface area contributed by atoms with E-state index in [9.17, 15) is 4.79 Å². The van der Waals surface area contributed by atoms with Crippen LogP contribution in [0.2, 0.25) is 0 Å². The van der Waals surface area contributed by atoms with Gasteiger partial charge in [-0.3, -0.25) is 15.3 Å². The Hall–Kier alpha value is -3.51. The zero-order valence-electron chi connectivity index (χ0n) is 14.0. The van der Waals surface area contributed by atoms with Crippen LogP contribution >= 0.6 is 11.3 Å². The van der Waals surface area contributed by atoms with Crippen LogP contribution in [-0.2, 0) is 0 Å². The van der Waals surface area contributed by atoms with Gasteiger partial charge in [-0.25, -0.2) is 9.78 Å². The van der Waals surface area contributed by atoms with E-state index in [2.05, 4.69) is 25.6 Å². The van der Waals surface area contributed by atoms with Gasteiger partial charge in [0.2, 0.25) is 0 Å². The zero-order valence-corrected chi connectivity index (χ0v) is 14.8. The van der Waals surface area contributed by atoms with Gasteiger partial charge in [-0.05, 0) is 32.0 Å². The molecule has 3 heterocycles. The van der Waals surface area contributed by atoms with E-state index in [-0.39, 0.29) is 5.88 Å². The highest BCUT2D eigenvalue weighted by atomic mass is 32.1. The summed E-state index contributed by atoms with van der Waals surface area (Å²) in [4.78, 5) is 24.4. The number of nitrogens with one attached hydrogen (secondary N) is 2. The summed E-state index contributed by atoms with van der Waals surface area (Å²) in [5, 5.41) is 15.9. The Morgan fingerprint density at radius 2 is 2.12 bits per heavy atom. The monoisotopic (exact) mass is 366 g/mol. The molecule has 0 spiro atoms. The average molecular weight is 366 g/mol. The van der Waals surface area contributed by atoms with Crippen molar-refractivity contribution in [2.45, 2.75) is 13.8 Å². The Labute approximate surface area is 153 Å². The molecule has 0 radical (unpaired) electrons. The molecule has 3 aromatic heterocycles. The predicted molar refractivity (Wildman–Crippen MR) is 97.7 cm³/mol. The Kier molecular flexibility index (Phi) is 5.05. The highest BCUT2D eigenvalue weighted by molar-refractivity contribution is 7.16. The summed E-state index contributed by atoms with van der Waals surface area (Å²) in [5.41, 5.74) is 2.38. The number of nitrogens with zero attached hydrogens (tertiary/aromatic N) is 4. The maximum absolute atomic E-state index is 12.1. The van der Waals surface area contributed by atoms with Crippen LogP contribution in [0.15, 0.2) is 36.8 Å². The molecule has 1 amide bonds. The largest absolute Gasteiger partial charge is 0.418 e. The van der Waals surface area contributed by atoms with E-state index in [1.807, 2.05) is 13.0 Å². The van der Waals surface area contributed by atoms with Gasteiger partial charge in [0.1, 0.15) is 6.07 Å². The molecular weight excluding hydrogens is 352 g/mol. The topological polar surface area (TPSA) is 113 Å². The van der Waals surface area contributed by atoms with Gasteiger partial charge in [-0.1, -0.05) is 11.3 Å². The molecule has 3 rings (SSSR count). The lowest BCUT2D eigenvalue weighted by molar-refractivity contribution is 0.214. The number of pyridine rings is 2. The quantitative estimate of drug-likeness (QED) is 0.722. The Balaban J connectivity index is 1.74. The number of hydrogen-bond donors (Lipinski definition) is 2. The summed E-state index contributed by atoms with van der Waals surface area (Å²) in [7, 11) is 0. The molecular formula is C17H14N6O2S. The van der Waals surface area contributed by atoms with Crippen LogP contribution in [0.5, 0.6) is 5.88 Å². The van der Waals surface area contributed by atoms with E-state index in [1.54, 1.807) is 37.5 Å². The summed E-state index contributed by atoms with van der Waals surface area (Å²) in [5.74, 6) is 0.151. The number of hydrogen-bond acceptors (Lipinski definition) is 8. The van der Waals surface area contributed by atoms with E-state index in [1.165, 1.54) is 17.5 Å². The minimum absolute atomic E-state index is 0.151. The van der Waals surface area contributed by atoms with Crippen molar-refractivity contribution >= 4 is 33.8 Å². The second kappa shape index (κ2) is 7.58. The summed E-state index contributed by atoms with van der Waals surface area (Å²) in [6.07, 6.45) is 3.97. The van der Waals surface area contributed by atoms with Crippen molar-refractivity contribution in [2.24, 2.45) is 0 Å². The molecule has 0 saturated heterocycles. The third kappa shape index (κ3) is 4.31. The molecule has 0 atom stereocenters. The van der Waals surface area contributed by atoms with Gasteiger partial charge in [0.25, 0.3) is 5.88 Å². The van der Waals surface area contributed by atoms with Gasteiger partial charge < -0.3 is 10.1 Å². The van der Waals surface area contributed by atoms with Crippen molar-refractivity contribution < 1.29 is 9.53 Å². The molecule has 0 unspecified atom stereocenters. The molecule has 0 saturated carbocycles. The molecule has 0 fully saturated rings. The fourth-order valence-corrected chi connectivity index (χ4v) is 2.88. The zero-order chi connectivity index (χ0) is 18.5. The fourth-order valence-electron chi connectivity index (χ4n) is 2.11. The first-order valence-electron chi connectivity index (χ1n) is 7.54. The average Bonchev–Trinajstić information content (AvgIpc) is 2.93. The van der Waals surface area contributed by atoms with Crippen LogP contribution in [0.4, 0.5) is 21.2 Å². The van der Waals surface area contributed by atoms with E-state index in [0.717, 1.165) is 10.7 Å². The number of amides is 1. The third-order valence-electron chi connectivity index (χ3n) is 3.16. The summed E-state index contributed by atoms with van der Waals surface area (Å²) in [6.45, 7) is 3.63. The number of rotatable bonds is 4. The third-order valence-corrected chi connectivity index (χ3v) is 4.03. The number of ether oxygens (including phenoxy) is 1. The number of anilines is 3. The normalized spacial score (nSPS) is 10.0. The van der Waals surface area contributed by atoms with Crippen LogP contribution in [-0.4, -0.2) is 21.0 Å². The van der Waals surface area contributed by atoms with E-state index >= 15 is 0 Å². The minimum atomic E-state index is -0.659. The SMILES string of the molecule is Cc1cc(NC(=O)Oc2nc(C)sc2Nc2cncc(C#N)c2)ccn1. The first-order valence-corrected chi connectivity index (χ1v) is 8.36. The molecule has 2 N–H and O–H groups in total. The molecule has 0 bridgehead atoms. The number of aryl methyl sites for hydroxylation is 2. The molecule has 0 aliphatic heterocycles. The second-order valence-corrected chi connectivity index (χ2v) is 6.47. The number of thiazole rings is 1. The van der Waals surface area contributed by atoms with Crippen LogP contribution in [0.1, 0.15) is 16.3 Å². The highest BCUT2D eigenvalue weighted by Crippen LogP contribution is 2.33. The van der Waals surface area contributed by atoms with Gasteiger partial charge in [0.15, 0.2) is 5.00 Å². The van der Waals surface area contributed by atoms with Gasteiger partial charge in [-0.2, -0.15) is 5.26 Å². The molecule has 3 aromatic rings.